The van der Waals surface area contributed by atoms with Crippen LogP contribution in [0.15, 0.2) is 46.9 Å². The van der Waals surface area contributed by atoms with Gasteiger partial charge in [0.05, 0.1) is 0 Å². The highest BCUT2D eigenvalue weighted by molar-refractivity contribution is 14.1. The molecule has 1 saturated heterocycles. The summed E-state index contributed by atoms with van der Waals surface area (Å²) < 4.78 is 6.23. The number of carbonyl (C=O) groups excluding carboxylic acids is 1. The van der Waals surface area contributed by atoms with E-state index in [0.717, 1.165) is 27.6 Å². The lowest BCUT2D eigenvalue weighted by molar-refractivity contribution is -0.126. The van der Waals surface area contributed by atoms with Crippen LogP contribution in [0.1, 0.15) is 5.76 Å². The van der Waals surface area contributed by atoms with Gasteiger partial charge in [0.15, 0.2) is 3.77 Å². The quantitative estimate of drug-likeness (QED) is 0.534. The molecule has 0 bridgehead atoms. The van der Waals surface area contributed by atoms with Gasteiger partial charge in [0, 0.05) is 43.0 Å². The molecule has 1 aliphatic heterocycles. The molecule has 3 rings (SSSR count). The second-order valence-corrected chi connectivity index (χ2v) is 6.76. The van der Waals surface area contributed by atoms with Crippen LogP contribution in [0.3, 0.4) is 0 Å². The maximum absolute atomic E-state index is 12.2. The smallest absolute Gasteiger partial charge is 0.246 e. The number of hydrogen-bond donors (Lipinski definition) is 0. The first-order valence-electron chi connectivity index (χ1n) is 7.35. The van der Waals surface area contributed by atoms with Gasteiger partial charge in [-0.2, -0.15) is 0 Å². The predicted molar refractivity (Wildman–Crippen MR) is 101 cm³/mol. The molecule has 0 N–H and O–H groups in total. The van der Waals surface area contributed by atoms with E-state index >= 15 is 0 Å². The summed E-state index contributed by atoms with van der Waals surface area (Å²) in [5, 5.41) is 0.736. The Hall–Kier alpha value is -1.47. The number of benzene rings is 1. The number of halogens is 2. The molecule has 1 fully saturated rings. The molecule has 0 aliphatic carbocycles. The monoisotopic (exact) mass is 442 g/mol. The van der Waals surface area contributed by atoms with Gasteiger partial charge in [0.25, 0.3) is 0 Å². The van der Waals surface area contributed by atoms with Crippen LogP contribution in [0.4, 0.5) is 5.69 Å². The van der Waals surface area contributed by atoms with Crippen LogP contribution >= 0.6 is 34.2 Å². The van der Waals surface area contributed by atoms with Gasteiger partial charge in [-0.25, -0.2) is 0 Å². The Bertz CT molecular complexity index is 704. The predicted octanol–water partition coefficient (Wildman–Crippen LogP) is 3.90. The molecule has 1 aromatic carbocycles. The maximum atomic E-state index is 12.2. The van der Waals surface area contributed by atoms with Crippen molar-refractivity contribution in [3.63, 3.8) is 0 Å². The Morgan fingerprint density at radius 3 is 2.39 bits per heavy atom. The molecule has 23 heavy (non-hydrogen) atoms. The summed E-state index contributed by atoms with van der Waals surface area (Å²) in [6, 6.07) is 11.5. The highest BCUT2D eigenvalue weighted by atomic mass is 127. The van der Waals surface area contributed by atoms with Crippen molar-refractivity contribution in [2.45, 2.75) is 0 Å². The summed E-state index contributed by atoms with van der Waals surface area (Å²) >= 11 is 8.02. The highest BCUT2D eigenvalue weighted by Crippen LogP contribution is 2.19. The zero-order valence-corrected chi connectivity index (χ0v) is 15.3. The van der Waals surface area contributed by atoms with E-state index in [1.54, 1.807) is 12.2 Å². The molecule has 6 heteroatoms. The molecular formula is C17H16ClIN2O2. The third-order valence-electron chi connectivity index (χ3n) is 3.77. The standard InChI is InChI=1S/C17H16ClIN2O2/c18-13-1-3-14(4-2-13)20-9-11-21(12-10-20)17(22)8-6-15-5-7-16(19)23-15/h1-8H,9-12H2. The first kappa shape index (κ1) is 16.4. The molecule has 0 unspecified atom stereocenters. The van der Waals surface area contributed by atoms with Gasteiger partial charge < -0.3 is 14.2 Å². The number of piperazine rings is 1. The number of furan rings is 1. The van der Waals surface area contributed by atoms with Crippen molar-refractivity contribution in [1.82, 2.24) is 4.90 Å². The lowest BCUT2D eigenvalue weighted by atomic mass is 10.2. The van der Waals surface area contributed by atoms with Gasteiger partial charge in [-0.3, -0.25) is 4.79 Å². The van der Waals surface area contributed by atoms with Crippen molar-refractivity contribution in [2.75, 3.05) is 31.1 Å². The van der Waals surface area contributed by atoms with Crippen molar-refractivity contribution in [2.24, 2.45) is 0 Å². The average Bonchev–Trinajstić information content (AvgIpc) is 2.99. The molecule has 0 atom stereocenters. The molecule has 4 nitrogen and oxygen atoms in total. The first-order chi connectivity index (χ1) is 11.1. The third-order valence-corrected chi connectivity index (χ3v) is 4.60. The summed E-state index contributed by atoms with van der Waals surface area (Å²) in [6.45, 7) is 3.06. The minimum Gasteiger partial charge on any atom is -0.451 e. The number of nitrogens with zero attached hydrogens (tertiary/aromatic N) is 2. The van der Waals surface area contributed by atoms with Crippen LogP contribution in [0.25, 0.3) is 6.08 Å². The average molecular weight is 443 g/mol. The largest absolute Gasteiger partial charge is 0.451 e. The third kappa shape index (κ3) is 4.29. The van der Waals surface area contributed by atoms with E-state index in [4.69, 9.17) is 16.0 Å². The number of rotatable bonds is 3. The number of amides is 1. The summed E-state index contributed by atoms with van der Waals surface area (Å²) in [5.74, 6) is 0.717. The number of anilines is 1. The van der Waals surface area contributed by atoms with Crippen LogP contribution in [0.2, 0.25) is 5.02 Å². The Kier molecular flexibility index (Phi) is 5.27. The zero-order valence-electron chi connectivity index (χ0n) is 12.4. The highest BCUT2D eigenvalue weighted by Gasteiger charge is 2.19. The fraction of sp³-hybridized carbons (Fsp3) is 0.235. The van der Waals surface area contributed by atoms with Gasteiger partial charge in [-0.1, -0.05) is 11.6 Å². The Morgan fingerprint density at radius 2 is 1.78 bits per heavy atom. The van der Waals surface area contributed by atoms with Crippen molar-refractivity contribution in [3.8, 4) is 0 Å². The number of carbonyl (C=O) groups is 1. The van der Waals surface area contributed by atoms with Crippen molar-refractivity contribution in [1.29, 1.82) is 0 Å². The van der Waals surface area contributed by atoms with E-state index in [0.29, 0.717) is 18.8 Å². The molecule has 1 aromatic heterocycles. The second-order valence-electron chi connectivity index (χ2n) is 5.26. The molecule has 2 aromatic rings. The van der Waals surface area contributed by atoms with Crippen LogP contribution in [0, 0.1) is 3.77 Å². The van der Waals surface area contributed by atoms with Crippen LogP contribution in [-0.4, -0.2) is 37.0 Å². The Labute approximate surface area is 153 Å². The van der Waals surface area contributed by atoms with Gasteiger partial charge in [0.2, 0.25) is 5.91 Å². The van der Waals surface area contributed by atoms with Gasteiger partial charge in [-0.15, -0.1) is 0 Å². The minimum absolute atomic E-state index is 0.0205. The van der Waals surface area contributed by atoms with Crippen LogP contribution in [-0.2, 0) is 4.79 Å². The van der Waals surface area contributed by atoms with Crippen molar-refractivity contribution >= 4 is 51.9 Å². The van der Waals surface area contributed by atoms with Crippen molar-refractivity contribution in [3.05, 3.63) is 57.0 Å². The lowest BCUT2D eigenvalue weighted by Crippen LogP contribution is -2.48. The normalized spacial score (nSPS) is 15.4. The SMILES string of the molecule is O=C(C=Cc1ccc(I)o1)N1CCN(c2ccc(Cl)cc2)CC1. The zero-order chi connectivity index (χ0) is 16.2. The fourth-order valence-corrected chi connectivity index (χ4v) is 3.07. The van der Waals surface area contributed by atoms with E-state index in [9.17, 15) is 4.79 Å². The summed E-state index contributed by atoms with van der Waals surface area (Å²) in [5.41, 5.74) is 1.14. The van der Waals surface area contributed by atoms with Crippen LogP contribution in [0.5, 0.6) is 0 Å². The molecule has 120 valence electrons. The summed E-state index contributed by atoms with van der Waals surface area (Å²) in [7, 11) is 0. The minimum atomic E-state index is 0.0205. The lowest BCUT2D eigenvalue weighted by Gasteiger charge is -2.35. The van der Waals surface area contributed by atoms with E-state index in [1.807, 2.05) is 41.3 Å². The Morgan fingerprint density at radius 1 is 1.09 bits per heavy atom. The molecule has 2 heterocycles. The summed E-state index contributed by atoms with van der Waals surface area (Å²) in [6.07, 6.45) is 3.29. The molecule has 1 amide bonds. The molecule has 0 radical (unpaired) electrons. The van der Waals surface area contributed by atoms with Gasteiger partial charge in [0.1, 0.15) is 5.76 Å². The molecule has 0 saturated carbocycles. The molecule has 0 spiro atoms. The number of hydrogen-bond acceptors (Lipinski definition) is 3. The van der Waals surface area contributed by atoms with E-state index in [2.05, 4.69) is 27.5 Å². The molecule has 1 aliphatic rings. The van der Waals surface area contributed by atoms with E-state index in [1.165, 1.54) is 0 Å². The van der Waals surface area contributed by atoms with Crippen LogP contribution < -0.4 is 4.90 Å². The second kappa shape index (κ2) is 7.40. The summed E-state index contributed by atoms with van der Waals surface area (Å²) in [4.78, 5) is 16.3. The topological polar surface area (TPSA) is 36.7 Å². The maximum Gasteiger partial charge on any atom is 0.246 e. The first-order valence-corrected chi connectivity index (χ1v) is 8.80. The van der Waals surface area contributed by atoms with E-state index in [-0.39, 0.29) is 5.91 Å². The van der Waals surface area contributed by atoms with Crippen molar-refractivity contribution < 1.29 is 9.21 Å². The van der Waals surface area contributed by atoms with Gasteiger partial charge >= 0.3 is 0 Å². The molecular weight excluding hydrogens is 427 g/mol. The fourth-order valence-electron chi connectivity index (χ4n) is 2.51. The van der Waals surface area contributed by atoms with Gasteiger partial charge in [-0.05, 0) is 65.1 Å². The Balaban J connectivity index is 1.55. The van der Waals surface area contributed by atoms with E-state index < -0.39 is 0 Å².